The Bertz CT molecular complexity index is 2090. The molecule has 530 valence electrons. The van der Waals surface area contributed by atoms with Gasteiger partial charge in [0.25, 0.3) is 0 Å². The Kier molecular flexibility index (Phi) is 73.0. The van der Waals surface area contributed by atoms with E-state index >= 15 is 0 Å². The highest BCUT2D eigenvalue weighted by molar-refractivity contribution is 7.47. The van der Waals surface area contributed by atoms with Gasteiger partial charge in [-0.05, 0) is 122 Å². The molecule has 0 bridgehead atoms. The number of ether oxygens (including phenoxy) is 2. The fourth-order valence-electron chi connectivity index (χ4n) is 10.4. The van der Waals surface area contributed by atoms with E-state index < -0.39 is 26.5 Å². The molecule has 0 amide bonds. The summed E-state index contributed by atoms with van der Waals surface area (Å²) in [5.74, 6) is -0.826. The zero-order chi connectivity index (χ0) is 67.2. The van der Waals surface area contributed by atoms with Crippen LogP contribution in [0.2, 0.25) is 0 Å². The molecule has 0 aromatic heterocycles. The monoisotopic (exact) mass is 1310 g/mol. The van der Waals surface area contributed by atoms with E-state index in [9.17, 15) is 19.0 Å². The molecule has 10 heteroatoms. The van der Waals surface area contributed by atoms with Crippen LogP contribution in [-0.4, -0.2) is 49.3 Å². The number of carbonyl (C=O) groups excluding carboxylic acids is 2. The third-order valence-corrected chi connectivity index (χ3v) is 16.9. The third kappa shape index (κ3) is 76.5. The Morgan fingerprint density at radius 1 is 0.323 bits per heavy atom. The summed E-state index contributed by atoms with van der Waals surface area (Å²) in [5, 5.41) is 0. The molecule has 0 aromatic rings. The van der Waals surface area contributed by atoms with Crippen LogP contribution in [0, 0.1) is 0 Å². The summed E-state index contributed by atoms with van der Waals surface area (Å²) in [6.07, 6.45) is 112. The normalized spacial score (nSPS) is 13.8. The molecule has 0 saturated heterocycles. The van der Waals surface area contributed by atoms with E-state index in [2.05, 4.69) is 172 Å². The molecule has 0 aliphatic heterocycles. The van der Waals surface area contributed by atoms with Crippen molar-refractivity contribution in [2.45, 2.75) is 328 Å². The summed E-state index contributed by atoms with van der Waals surface area (Å²) in [6.45, 7) is 3.53. The van der Waals surface area contributed by atoms with Crippen LogP contribution in [-0.2, 0) is 32.7 Å². The summed E-state index contributed by atoms with van der Waals surface area (Å²) in [6, 6.07) is 0. The molecule has 0 rings (SSSR count). The molecule has 0 spiro atoms. The number of rotatable bonds is 70. The van der Waals surface area contributed by atoms with E-state index in [-0.39, 0.29) is 38.6 Å². The number of unbranched alkanes of at least 4 members (excludes halogenated alkanes) is 31. The van der Waals surface area contributed by atoms with Gasteiger partial charge in [-0.2, -0.15) is 0 Å². The summed E-state index contributed by atoms with van der Waals surface area (Å²) < 4.78 is 33.2. The van der Waals surface area contributed by atoms with Crippen molar-refractivity contribution in [2.24, 2.45) is 5.73 Å². The molecule has 0 radical (unpaired) electrons. The second-order valence-electron chi connectivity index (χ2n) is 24.8. The van der Waals surface area contributed by atoms with Crippen LogP contribution in [0.15, 0.2) is 158 Å². The van der Waals surface area contributed by atoms with Gasteiger partial charge in [0.05, 0.1) is 13.2 Å². The fraction of sp³-hybridized carbons (Fsp3) is 0.663. The number of hydrogen-bond acceptors (Lipinski definition) is 8. The van der Waals surface area contributed by atoms with Gasteiger partial charge in [0.2, 0.25) is 0 Å². The second kappa shape index (κ2) is 76.6. The Hall–Kier alpha value is -4.37. The molecule has 0 heterocycles. The Morgan fingerprint density at radius 2 is 0.559 bits per heavy atom. The molecule has 0 aliphatic carbocycles. The topological polar surface area (TPSA) is 134 Å². The molecule has 93 heavy (non-hydrogen) atoms. The molecule has 2 unspecified atom stereocenters. The zero-order valence-corrected chi connectivity index (χ0v) is 60.6. The van der Waals surface area contributed by atoms with Gasteiger partial charge in [-0.1, -0.05) is 345 Å². The summed E-state index contributed by atoms with van der Waals surface area (Å²) in [7, 11) is -4.40. The van der Waals surface area contributed by atoms with Gasteiger partial charge in [-0.25, -0.2) is 4.57 Å². The first-order valence-corrected chi connectivity index (χ1v) is 39.5. The first-order chi connectivity index (χ1) is 45.8. The average Bonchev–Trinajstić information content (AvgIpc) is 3.49. The highest BCUT2D eigenvalue weighted by atomic mass is 31.2. The minimum absolute atomic E-state index is 0.0485. The fourth-order valence-corrected chi connectivity index (χ4v) is 11.2. The second-order valence-corrected chi connectivity index (χ2v) is 26.2. The third-order valence-electron chi connectivity index (χ3n) is 15.9. The Balaban J connectivity index is 3.86. The number of carbonyl (C=O) groups is 2. The Morgan fingerprint density at radius 3 is 0.828 bits per heavy atom. The van der Waals surface area contributed by atoms with E-state index in [0.717, 1.165) is 122 Å². The van der Waals surface area contributed by atoms with Gasteiger partial charge in [0.1, 0.15) is 6.61 Å². The maximum atomic E-state index is 12.8. The quantitative estimate of drug-likeness (QED) is 0.0264. The molecule has 9 nitrogen and oxygen atoms in total. The van der Waals surface area contributed by atoms with E-state index in [1.165, 1.54) is 167 Å². The number of esters is 2. The van der Waals surface area contributed by atoms with Gasteiger partial charge >= 0.3 is 19.8 Å². The van der Waals surface area contributed by atoms with Crippen LogP contribution in [0.5, 0.6) is 0 Å². The number of phosphoric ester groups is 1. The first kappa shape index (κ1) is 88.6. The summed E-state index contributed by atoms with van der Waals surface area (Å²) >= 11 is 0. The van der Waals surface area contributed by atoms with Crippen LogP contribution < -0.4 is 5.73 Å². The molecule has 0 saturated carbocycles. The van der Waals surface area contributed by atoms with Crippen molar-refractivity contribution in [1.29, 1.82) is 0 Å². The van der Waals surface area contributed by atoms with E-state index in [1.807, 2.05) is 0 Å². The zero-order valence-electron chi connectivity index (χ0n) is 59.7. The van der Waals surface area contributed by atoms with Crippen LogP contribution in [0.3, 0.4) is 0 Å². The summed E-state index contributed by atoms with van der Waals surface area (Å²) in [5.41, 5.74) is 5.41. The van der Waals surface area contributed by atoms with E-state index in [1.54, 1.807) is 0 Å². The molecular formula is C83H140NO8P. The van der Waals surface area contributed by atoms with Gasteiger partial charge in [-0.15, -0.1) is 0 Å². The minimum atomic E-state index is -4.40. The molecule has 3 N–H and O–H groups in total. The predicted octanol–water partition coefficient (Wildman–Crippen LogP) is 25.5. The molecule has 0 fully saturated rings. The van der Waals surface area contributed by atoms with Gasteiger partial charge < -0.3 is 20.1 Å². The molecule has 0 aliphatic rings. The average molecular weight is 1310 g/mol. The van der Waals surface area contributed by atoms with Crippen molar-refractivity contribution in [1.82, 2.24) is 0 Å². The number of hydrogen-bond donors (Lipinski definition) is 2. The van der Waals surface area contributed by atoms with Crippen molar-refractivity contribution in [3.05, 3.63) is 158 Å². The lowest BCUT2D eigenvalue weighted by Crippen LogP contribution is -2.29. The van der Waals surface area contributed by atoms with E-state index in [4.69, 9.17) is 24.3 Å². The highest BCUT2D eigenvalue weighted by Gasteiger charge is 2.26. The maximum Gasteiger partial charge on any atom is 0.472 e. The minimum Gasteiger partial charge on any atom is -0.462 e. The molecule has 2 atom stereocenters. The lowest BCUT2D eigenvalue weighted by Gasteiger charge is -2.19. The van der Waals surface area contributed by atoms with E-state index in [0.29, 0.717) is 6.42 Å². The van der Waals surface area contributed by atoms with Gasteiger partial charge in [0, 0.05) is 19.4 Å². The molecule has 0 aromatic carbocycles. The lowest BCUT2D eigenvalue weighted by atomic mass is 10.0. The highest BCUT2D eigenvalue weighted by Crippen LogP contribution is 2.43. The lowest BCUT2D eigenvalue weighted by molar-refractivity contribution is -0.161. The molecular weight excluding hydrogens is 1170 g/mol. The van der Waals surface area contributed by atoms with Crippen molar-refractivity contribution >= 4 is 19.8 Å². The summed E-state index contributed by atoms with van der Waals surface area (Å²) in [4.78, 5) is 35.4. The first-order valence-electron chi connectivity index (χ1n) is 38.0. The maximum absolute atomic E-state index is 12.8. The van der Waals surface area contributed by atoms with Crippen molar-refractivity contribution < 1.29 is 37.6 Å². The smallest absolute Gasteiger partial charge is 0.462 e. The van der Waals surface area contributed by atoms with Crippen LogP contribution in [0.25, 0.3) is 0 Å². The predicted molar refractivity (Wildman–Crippen MR) is 403 cm³/mol. The van der Waals surface area contributed by atoms with Crippen LogP contribution in [0.4, 0.5) is 0 Å². The Labute approximate surface area is 572 Å². The van der Waals surface area contributed by atoms with Gasteiger partial charge in [0.15, 0.2) is 6.10 Å². The standard InChI is InChI=1S/C83H140NO8P/c1-3-5-7-9-11-13-15-17-19-21-23-25-27-29-31-33-35-36-37-38-39-40-41-42-43-44-46-48-50-52-54-56-58-60-62-64-66-68-70-72-74-76-83(86)92-81(80-91-93(87,88)90-78-77-84)79-89-82(85)75-73-71-69-67-65-63-61-59-57-55-53-51-49-47-45-34-32-30-28-26-24-22-20-18-16-14-12-10-8-6-4-2/h5-8,11-14,17-20,23-26,29-32,35-36,38-39,45,47,81H,3-4,9-10,15-16,21-22,27-28,33-34,37,40-44,46,48-80,84H2,1-2H3,(H,87,88)/b7-5-,8-6-,13-11-,14-12-,19-17-,20-18-,25-23-,26-24-,31-29-,32-30-,36-35-,39-38-,47-45-. The largest absolute Gasteiger partial charge is 0.472 e. The van der Waals surface area contributed by atoms with Crippen molar-refractivity contribution in [3.8, 4) is 0 Å². The number of nitrogens with two attached hydrogens (primary N) is 1. The van der Waals surface area contributed by atoms with Crippen LogP contribution >= 0.6 is 7.82 Å². The number of allylic oxidation sites excluding steroid dienone is 26. The van der Waals surface area contributed by atoms with Crippen molar-refractivity contribution in [3.63, 3.8) is 0 Å². The SMILES string of the molecule is CC/C=C\C/C=C\C/C=C\C/C=C\C/C=C\C/C=C\C/C=C\CCCCCCCCCCCCCCCCCCCCCC(=O)OC(COC(=O)CCCCCCCCCCCCCC/C=C\C/C=C\C/C=C\C/C=C\C/C=C\C/C=C\CC)COP(=O)(O)OCCN. The van der Waals surface area contributed by atoms with Crippen LogP contribution in [0.1, 0.15) is 322 Å². The van der Waals surface area contributed by atoms with Gasteiger partial charge in [-0.3, -0.25) is 18.6 Å². The number of phosphoric acid groups is 1. The van der Waals surface area contributed by atoms with Crippen molar-refractivity contribution in [2.75, 3.05) is 26.4 Å².